The number of rotatable bonds is 5. The maximum absolute atomic E-state index is 14.3. The number of aromatic nitrogens is 2. The molecule has 1 aromatic heterocycles. The van der Waals surface area contributed by atoms with E-state index in [4.69, 9.17) is 11.6 Å². The fraction of sp³-hybridized carbons (Fsp3) is 0.500. The van der Waals surface area contributed by atoms with Gasteiger partial charge in [-0.15, -0.1) is 0 Å². The molecule has 1 aromatic carbocycles. The van der Waals surface area contributed by atoms with E-state index in [1.54, 1.807) is 17.9 Å². The molecule has 140 valence electrons. The Balaban J connectivity index is 1.80. The molecule has 1 aliphatic rings. The van der Waals surface area contributed by atoms with Crippen molar-refractivity contribution in [3.05, 3.63) is 52.3 Å². The van der Waals surface area contributed by atoms with Gasteiger partial charge in [-0.3, -0.25) is 4.79 Å². The van der Waals surface area contributed by atoms with Crippen LogP contribution in [0.2, 0.25) is 5.02 Å². The van der Waals surface area contributed by atoms with Crippen LogP contribution in [-0.4, -0.2) is 33.4 Å². The van der Waals surface area contributed by atoms with Crippen molar-refractivity contribution < 1.29 is 9.18 Å². The lowest BCUT2D eigenvalue weighted by Crippen LogP contribution is -2.40. The van der Waals surface area contributed by atoms with Crippen molar-refractivity contribution in [2.75, 3.05) is 13.1 Å². The number of piperidine rings is 1. The number of amides is 1. The van der Waals surface area contributed by atoms with Crippen LogP contribution in [0, 0.1) is 12.7 Å². The molecule has 0 bridgehead atoms. The number of aryl methyl sites for hydroxylation is 2. The van der Waals surface area contributed by atoms with Gasteiger partial charge in [0.15, 0.2) is 0 Å². The topological polar surface area (TPSA) is 38.1 Å². The number of imidazole rings is 1. The van der Waals surface area contributed by atoms with E-state index in [1.165, 1.54) is 6.07 Å². The number of nitrogens with zero attached hydrogens (tertiary/aromatic N) is 3. The molecule has 3 rings (SSSR count). The van der Waals surface area contributed by atoms with Gasteiger partial charge >= 0.3 is 0 Å². The summed E-state index contributed by atoms with van der Waals surface area (Å²) in [6.07, 6.45) is 7.91. The molecule has 0 N–H and O–H groups in total. The summed E-state index contributed by atoms with van der Waals surface area (Å²) in [5.41, 5.74) is 0.696. The second kappa shape index (κ2) is 8.21. The Morgan fingerprint density at radius 3 is 3.00 bits per heavy atom. The van der Waals surface area contributed by atoms with Crippen molar-refractivity contribution in [2.24, 2.45) is 0 Å². The van der Waals surface area contributed by atoms with Gasteiger partial charge in [0.25, 0.3) is 5.91 Å². The van der Waals surface area contributed by atoms with E-state index in [-0.39, 0.29) is 22.4 Å². The first-order valence-corrected chi connectivity index (χ1v) is 9.65. The van der Waals surface area contributed by atoms with Gasteiger partial charge in [-0.2, -0.15) is 0 Å². The molecular weight excluding hydrogens is 353 g/mol. The summed E-state index contributed by atoms with van der Waals surface area (Å²) in [4.78, 5) is 19.2. The van der Waals surface area contributed by atoms with Gasteiger partial charge in [0.1, 0.15) is 11.6 Å². The van der Waals surface area contributed by atoms with Crippen molar-refractivity contribution >= 4 is 17.5 Å². The Morgan fingerprint density at radius 1 is 1.42 bits per heavy atom. The minimum absolute atomic E-state index is 0.0124. The fourth-order valence-corrected chi connectivity index (χ4v) is 3.82. The highest BCUT2D eigenvalue weighted by Gasteiger charge is 2.30. The Labute approximate surface area is 159 Å². The zero-order chi connectivity index (χ0) is 18.7. The lowest BCUT2D eigenvalue weighted by molar-refractivity contribution is 0.0698. The Morgan fingerprint density at radius 2 is 2.23 bits per heavy atom. The third-order valence-corrected chi connectivity index (χ3v) is 5.56. The van der Waals surface area contributed by atoms with E-state index in [2.05, 4.69) is 16.5 Å². The molecule has 1 saturated heterocycles. The van der Waals surface area contributed by atoms with Crippen LogP contribution in [0.3, 0.4) is 0 Å². The van der Waals surface area contributed by atoms with Crippen LogP contribution in [0.25, 0.3) is 0 Å². The number of hydrogen-bond donors (Lipinski definition) is 0. The minimum Gasteiger partial charge on any atom is -0.338 e. The first kappa shape index (κ1) is 18.9. The molecule has 1 fully saturated rings. The molecule has 0 aliphatic carbocycles. The number of hydrogen-bond acceptors (Lipinski definition) is 2. The lowest BCUT2D eigenvalue weighted by Gasteiger charge is -2.33. The molecule has 0 radical (unpaired) electrons. The van der Waals surface area contributed by atoms with Gasteiger partial charge in [-0.1, -0.05) is 31.0 Å². The molecule has 2 aromatic rings. The summed E-state index contributed by atoms with van der Waals surface area (Å²) >= 11 is 6.23. The number of likely N-dealkylation sites (tertiary alicyclic amines) is 1. The van der Waals surface area contributed by atoms with Crippen LogP contribution < -0.4 is 0 Å². The summed E-state index contributed by atoms with van der Waals surface area (Å²) in [6, 6.07) is 2.91. The average Bonchev–Trinajstić information content (AvgIpc) is 3.12. The SMILES string of the molecule is CCCCn1ccnc1[C@@H]1CCCN(C(=O)c2c(F)ccc(C)c2Cl)C1. The van der Waals surface area contributed by atoms with Crippen molar-refractivity contribution in [1.82, 2.24) is 14.5 Å². The highest BCUT2D eigenvalue weighted by atomic mass is 35.5. The van der Waals surface area contributed by atoms with E-state index >= 15 is 0 Å². The predicted molar refractivity (Wildman–Crippen MR) is 101 cm³/mol. The number of benzene rings is 1. The maximum Gasteiger partial charge on any atom is 0.258 e. The van der Waals surface area contributed by atoms with Gasteiger partial charge in [-0.05, 0) is 37.8 Å². The molecule has 2 heterocycles. The normalized spacial score (nSPS) is 17.5. The second-order valence-electron chi connectivity index (χ2n) is 6.98. The van der Waals surface area contributed by atoms with Crippen LogP contribution >= 0.6 is 11.6 Å². The predicted octanol–water partition coefficient (Wildman–Crippen LogP) is 4.80. The number of carbonyl (C=O) groups is 1. The van der Waals surface area contributed by atoms with Gasteiger partial charge in [0.2, 0.25) is 0 Å². The minimum atomic E-state index is -0.558. The molecule has 4 nitrogen and oxygen atoms in total. The van der Waals surface area contributed by atoms with Gasteiger partial charge in [0, 0.05) is 37.9 Å². The number of halogens is 2. The van der Waals surface area contributed by atoms with Crippen LogP contribution in [0.1, 0.15) is 60.3 Å². The summed E-state index contributed by atoms with van der Waals surface area (Å²) in [5.74, 6) is 0.308. The largest absolute Gasteiger partial charge is 0.338 e. The van der Waals surface area contributed by atoms with E-state index < -0.39 is 5.82 Å². The highest BCUT2D eigenvalue weighted by Crippen LogP contribution is 2.30. The van der Waals surface area contributed by atoms with Crippen molar-refractivity contribution in [2.45, 2.75) is 52.0 Å². The first-order chi connectivity index (χ1) is 12.5. The molecule has 6 heteroatoms. The smallest absolute Gasteiger partial charge is 0.258 e. The molecule has 0 spiro atoms. The van der Waals surface area contributed by atoms with Crippen molar-refractivity contribution in [1.29, 1.82) is 0 Å². The summed E-state index contributed by atoms with van der Waals surface area (Å²) in [5, 5.41) is 0.210. The molecule has 0 saturated carbocycles. The van der Waals surface area contributed by atoms with Crippen LogP contribution in [-0.2, 0) is 6.54 Å². The maximum atomic E-state index is 14.3. The van der Waals surface area contributed by atoms with Crippen LogP contribution in [0.5, 0.6) is 0 Å². The molecule has 1 aliphatic heterocycles. The zero-order valence-corrected chi connectivity index (χ0v) is 16.1. The number of unbranched alkanes of at least 4 members (excludes halogenated alkanes) is 1. The van der Waals surface area contributed by atoms with E-state index in [0.717, 1.165) is 38.1 Å². The molecular formula is C20H25ClFN3O. The van der Waals surface area contributed by atoms with Crippen molar-refractivity contribution in [3.63, 3.8) is 0 Å². The summed E-state index contributed by atoms with van der Waals surface area (Å²) in [6.45, 7) is 6.05. The third kappa shape index (κ3) is 3.78. The van der Waals surface area contributed by atoms with Gasteiger partial charge < -0.3 is 9.47 Å². The Hall–Kier alpha value is -1.88. The van der Waals surface area contributed by atoms with Crippen LogP contribution in [0.4, 0.5) is 4.39 Å². The lowest BCUT2D eigenvalue weighted by atomic mass is 9.96. The Bertz CT molecular complexity index is 789. The van der Waals surface area contributed by atoms with E-state index in [0.29, 0.717) is 18.7 Å². The van der Waals surface area contributed by atoms with Gasteiger partial charge in [-0.25, -0.2) is 9.37 Å². The summed E-state index contributed by atoms with van der Waals surface area (Å²) < 4.78 is 16.4. The molecule has 1 amide bonds. The van der Waals surface area contributed by atoms with E-state index in [9.17, 15) is 9.18 Å². The highest BCUT2D eigenvalue weighted by molar-refractivity contribution is 6.34. The molecule has 1 atom stereocenters. The second-order valence-corrected chi connectivity index (χ2v) is 7.35. The zero-order valence-electron chi connectivity index (χ0n) is 15.3. The molecule has 26 heavy (non-hydrogen) atoms. The van der Waals surface area contributed by atoms with E-state index in [1.807, 2.05) is 12.4 Å². The van der Waals surface area contributed by atoms with Crippen LogP contribution in [0.15, 0.2) is 24.5 Å². The summed E-state index contributed by atoms with van der Waals surface area (Å²) in [7, 11) is 0. The van der Waals surface area contributed by atoms with Gasteiger partial charge in [0.05, 0.1) is 10.6 Å². The number of carbonyl (C=O) groups excluding carboxylic acids is 1. The quantitative estimate of drug-likeness (QED) is 0.750. The molecule has 0 unspecified atom stereocenters. The standard InChI is InChI=1S/C20H25ClFN3O/c1-3-4-10-24-12-9-23-19(24)15-6-5-11-25(13-15)20(26)17-16(22)8-7-14(2)18(17)21/h7-9,12,15H,3-6,10-11,13H2,1-2H3/t15-/m1/s1. The third-order valence-electron chi connectivity index (χ3n) is 5.07. The monoisotopic (exact) mass is 377 g/mol. The Kier molecular flexibility index (Phi) is 5.97. The average molecular weight is 378 g/mol. The fourth-order valence-electron chi connectivity index (χ4n) is 3.58. The first-order valence-electron chi connectivity index (χ1n) is 9.27. The van der Waals surface area contributed by atoms with Crippen molar-refractivity contribution in [3.8, 4) is 0 Å².